The van der Waals surface area contributed by atoms with E-state index >= 15 is 0 Å². The molecule has 1 atom stereocenters. The number of anilines is 1. The lowest BCUT2D eigenvalue weighted by molar-refractivity contribution is -0.143. The number of ether oxygens (including phenoxy) is 2. The zero-order valence-corrected chi connectivity index (χ0v) is 13.2. The molecule has 1 aromatic rings. The summed E-state index contributed by atoms with van der Waals surface area (Å²) in [5.74, 6) is -0.657. The van der Waals surface area contributed by atoms with E-state index in [9.17, 15) is 13.2 Å². The molecule has 0 amide bonds. The molecule has 3 N–H and O–H groups in total. The van der Waals surface area contributed by atoms with Gasteiger partial charge in [0.2, 0.25) is 10.0 Å². The smallest absolute Gasteiger partial charge is 0.324 e. The van der Waals surface area contributed by atoms with Crippen LogP contribution in [-0.4, -0.2) is 34.6 Å². The van der Waals surface area contributed by atoms with Crippen molar-refractivity contribution in [2.24, 2.45) is 5.92 Å². The number of esters is 1. The second kappa shape index (κ2) is 6.77. The van der Waals surface area contributed by atoms with Gasteiger partial charge in [0.15, 0.2) is 0 Å². The second-order valence-corrected chi connectivity index (χ2v) is 6.48. The molecule has 0 fully saturated rings. The van der Waals surface area contributed by atoms with Crippen LogP contribution in [0.3, 0.4) is 0 Å². The minimum Gasteiger partial charge on any atom is -0.495 e. The van der Waals surface area contributed by atoms with E-state index in [0.29, 0.717) is 5.69 Å². The van der Waals surface area contributed by atoms with E-state index in [2.05, 4.69) is 9.46 Å². The highest BCUT2D eigenvalue weighted by Gasteiger charge is 2.29. The third-order valence-electron chi connectivity index (χ3n) is 2.92. The van der Waals surface area contributed by atoms with Gasteiger partial charge in [-0.2, -0.15) is 4.72 Å². The van der Waals surface area contributed by atoms with Crippen molar-refractivity contribution in [2.45, 2.75) is 24.8 Å². The Balaban J connectivity index is 3.13. The number of carbonyl (C=O) groups excluding carboxylic acids is 1. The van der Waals surface area contributed by atoms with E-state index in [-0.39, 0.29) is 16.6 Å². The molecule has 0 bridgehead atoms. The van der Waals surface area contributed by atoms with Gasteiger partial charge in [0, 0.05) is 6.07 Å². The summed E-state index contributed by atoms with van der Waals surface area (Å²) in [6.45, 7) is 3.43. The van der Waals surface area contributed by atoms with Gasteiger partial charge >= 0.3 is 5.97 Å². The first-order chi connectivity index (χ1) is 9.72. The molecule has 0 aliphatic heterocycles. The third-order valence-corrected chi connectivity index (χ3v) is 4.36. The minimum absolute atomic E-state index is 0.0388. The van der Waals surface area contributed by atoms with Crippen LogP contribution in [-0.2, 0) is 19.6 Å². The molecule has 0 heterocycles. The number of hydrogen-bond donors (Lipinski definition) is 2. The average Bonchev–Trinajstić information content (AvgIpc) is 2.44. The summed E-state index contributed by atoms with van der Waals surface area (Å²) in [5.41, 5.74) is 5.97. The summed E-state index contributed by atoms with van der Waals surface area (Å²) in [6, 6.07) is 3.10. The fraction of sp³-hybridized carbons (Fsp3) is 0.462. The Morgan fingerprint density at radius 1 is 1.29 bits per heavy atom. The molecule has 21 heavy (non-hydrogen) atoms. The number of hydrogen-bond acceptors (Lipinski definition) is 6. The lowest BCUT2D eigenvalue weighted by Crippen LogP contribution is -2.44. The van der Waals surface area contributed by atoms with E-state index in [4.69, 9.17) is 10.5 Å². The molecule has 1 aromatic carbocycles. The summed E-state index contributed by atoms with van der Waals surface area (Å²) < 4.78 is 36.6. The second-order valence-electron chi connectivity index (χ2n) is 4.77. The third kappa shape index (κ3) is 4.08. The Bertz CT molecular complexity index is 613. The fourth-order valence-electron chi connectivity index (χ4n) is 1.68. The van der Waals surface area contributed by atoms with Crippen LogP contribution >= 0.6 is 0 Å². The zero-order valence-electron chi connectivity index (χ0n) is 12.4. The van der Waals surface area contributed by atoms with Crippen molar-refractivity contribution in [3.8, 4) is 5.75 Å². The predicted molar refractivity (Wildman–Crippen MR) is 78.4 cm³/mol. The molecule has 0 spiro atoms. The molecule has 7 nitrogen and oxygen atoms in total. The van der Waals surface area contributed by atoms with Crippen LogP contribution in [0.2, 0.25) is 0 Å². The summed E-state index contributed by atoms with van der Waals surface area (Å²) in [7, 11) is -1.30. The molecular formula is C13H20N2O5S. The Morgan fingerprint density at radius 2 is 1.90 bits per heavy atom. The van der Waals surface area contributed by atoms with Crippen LogP contribution in [0.5, 0.6) is 5.75 Å². The van der Waals surface area contributed by atoms with Crippen LogP contribution in [0.4, 0.5) is 5.69 Å². The maximum Gasteiger partial charge on any atom is 0.324 e. The van der Waals surface area contributed by atoms with Gasteiger partial charge in [0.1, 0.15) is 11.8 Å². The van der Waals surface area contributed by atoms with E-state index in [1.807, 2.05) is 0 Å². The lowest BCUT2D eigenvalue weighted by atomic mass is 10.1. The van der Waals surface area contributed by atoms with Crippen LogP contribution < -0.4 is 15.2 Å². The maximum atomic E-state index is 12.3. The van der Waals surface area contributed by atoms with E-state index < -0.39 is 22.0 Å². The van der Waals surface area contributed by atoms with E-state index in [1.54, 1.807) is 13.8 Å². The van der Waals surface area contributed by atoms with E-state index in [1.165, 1.54) is 32.4 Å². The van der Waals surface area contributed by atoms with Crippen molar-refractivity contribution in [2.75, 3.05) is 20.0 Å². The van der Waals surface area contributed by atoms with E-state index in [0.717, 1.165) is 0 Å². The van der Waals surface area contributed by atoms with Crippen molar-refractivity contribution in [1.82, 2.24) is 4.72 Å². The van der Waals surface area contributed by atoms with Gasteiger partial charge in [-0.1, -0.05) is 13.8 Å². The number of nitrogens with two attached hydrogens (primary N) is 1. The lowest BCUT2D eigenvalue weighted by Gasteiger charge is -2.20. The number of methoxy groups -OCH3 is 2. The van der Waals surface area contributed by atoms with Crippen LogP contribution in [0.15, 0.2) is 23.1 Å². The van der Waals surface area contributed by atoms with Crippen molar-refractivity contribution in [1.29, 1.82) is 0 Å². The maximum absolute atomic E-state index is 12.3. The number of nitrogen functional groups attached to an aromatic ring is 1. The summed E-state index contributed by atoms with van der Waals surface area (Å²) in [5, 5.41) is 0. The average molecular weight is 316 g/mol. The summed E-state index contributed by atoms with van der Waals surface area (Å²) >= 11 is 0. The van der Waals surface area contributed by atoms with Gasteiger partial charge in [-0.05, 0) is 18.1 Å². The first kappa shape index (κ1) is 17.3. The van der Waals surface area contributed by atoms with Crippen molar-refractivity contribution >= 4 is 21.7 Å². The SMILES string of the molecule is COC(=O)C(NS(=O)(=O)c1ccc(N)c(OC)c1)C(C)C. The van der Waals surface area contributed by atoms with Gasteiger partial charge in [-0.3, -0.25) is 4.79 Å². The fourth-order valence-corrected chi connectivity index (χ4v) is 3.03. The van der Waals surface area contributed by atoms with Crippen molar-refractivity contribution in [3.63, 3.8) is 0 Å². The first-order valence-electron chi connectivity index (χ1n) is 6.26. The zero-order chi connectivity index (χ0) is 16.2. The number of benzene rings is 1. The van der Waals surface area contributed by atoms with Crippen molar-refractivity contribution in [3.05, 3.63) is 18.2 Å². The Labute approximate surface area is 124 Å². The number of rotatable bonds is 6. The molecule has 0 saturated heterocycles. The first-order valence-corrected chi connectivity index (χ1v) is 7.75. The van der Waals surface area contributed by atoms with Gasteiger partial charge < -0.3 is 15.2 Å². The standard InChI is InChI=1S/C13H20N2O5S/c1-8(2)12(13(16)20-4)15-21(17,18)9-5-6-10(14)11(7-9)19-3/h5-8,12,15H,14H2,1-4H3. The van der Waals surface area contributed by atoms with Crippen LogP contribution in [0.25, 0.3) is 0 Å². The van der Waals surface area contributed by atoms with Crippen LogP contribution in [0.1, 0.15) is 13.8 Å². The Hall–Kier alpha value is -1.80. The molecule has 0 radical (unpaired) electrons. The van der Waals surface area contributed by atoms with Crippen molar-refractivity contribution < 1.29 is 22.7 Å². The minimum atomic E-state index is -3.90. The molecule has 0 aromatic heterocycles. The highest BCUT2D eigenvalue weighted by Crippen LogP contribution is 2.25. The molecule has 0 saturated carbocycles. The molecule has 8 heteroatoms. The Kier molecular flexibility index (Phi) is 5.56. The molecule has 1 rings (SSSR count). The normalized spacial score (nSPS) is 13.0. The van der Waals surface area contributed by atoms with Gasteiger partial charge in [0.25, 0.3) is 0 Å². The number of carbonyl (C=O) groups is 1. The molecular weight excluding hydrogens is 296 g/mol. The monoisotopic (exact) mass is 316 g/mol. The number of sulfonamides is 1. The van der Waals surface area contributed by atoms with Gasteiger partial charge in [0.05, 0.1) is 24.8 Å². The van der Waals surface area contributed by atoms with Gasteiger partial charge in [-0.15, -0.1) is 0 Å². The highest BCUT2D eigenvalue weighted by molar-refractivity contribution is 7.89. The highest BCUT2D eigenvalue weighted by atomic mass is 32.2. The molecule has 0 aliphatic rings. The predicted octanol–water partition coefficient (Wildman–Crippen LogP) is 0.753. The van der Waals surface area contributed by atoms with Crippen LogP contribution in [0, 0.1) is 5.92 Å². The largest absolute Gasteiger partial charge is 0.495 e. The summed E-state index contributed by atoms with van der Waals surface area (Å²) in [4.78, 5) is 11.6. The van der Waals surface area contributed by atoms with Gasteiger partial charge in [-0.25, -0.2) is 8.42 Å². The Morgan fingerprint density at radius 3 is 2.38 bits per heavy atom. The molecule has 1 unspecified atom stereocenters. The molecule has 0 aliphatic carbocycles. The topological polar surface area (TPSA) is 108 Å². The number of nitrogens with one attached hydrogen (secondary N) is 1. The summed E-state index contributed by atoms with van der Waals surface area (Å²) in [6.07, 6.45) is 0. The molecule has 118 valence electrons. The quantitative estimate of drug-likeness (QED) is 0.592.